The van der Waals surface area contributed by atoms with Gasteiger partial charge in [0, 0.05) is 9.26 Å². The van der Waals surface area contributed by atoms with E-state index < -0.39 is 5.97 Å². The molecule has 0 saturated heterocycles. The van der Waals surface area contributed by atoms with E-state index in [2.05, 4.69) is 32.9 Å². The van der Waals surface area contributed by atoms with Crippen molar-refractivity contribution in [3.05, 3.63) is 39.8 Å². The summed E-state index contributed by atoms with van der Waals surface area (Å²) in [6.07, 6.45) is 1.27. The van der Waals surface area contributed by atoms with Crippen molar-refractivity contribution in [2.75, 3.05) is 11.9 Å². The number of esters is 1. The van der Waals surface area contributed by atoms with Gasteiger partial charge in [-0.25, -0.2) is 4.79 Å². The van der Waals surface area contributed by atoms with Gasteiger partial charge in [0.1, 0.15) is 6.26 Å². The smallest absolute Gasteiger partial charge is 0.360 e. The summed E-state index contributed by atoms with van der Waals surface area (Å²) in [5.41, 5.74) is 0.998. The van der Waals surface area contributed by atoms with Gasteiger partial charge in [-0.3, -0.25) is 0 Å². The molecule has 6 heteroatoms. The van der Waals surface area contributed by atoms with Crippen LogP contribution in [0.1, 0.15) is 17.4 Å². The minimum Gasteiger partial charge on any atom is -0.461 e. The van der Waals surface area contributed by atoms with E-state index >= 15 is 0 Å². The van der Waals surface area contributed by atoms with Crippen LogP contribution in [-0.2, 0) is 4.74 Å². The van der Waals surface area contributed by atoms with Crippen LogP contribution < -0.4 is 5.32 Å². The van der Waals surface area contributed by atoms with E-state index in [-0.39, 0.29) is 11.7 Å². The van der Waals surface area contributed by atoms with E-state index in [9.17, 15) is 4.79 Å². The van der Waals surface area contributed by atoms with Gasteiger partial charge in [0.25, 0.3) is 6.01 Å². The summed E-state index contributed by atoms with van der Waals surface area (Å²) in [4.78, 5) is 15.4. The van der Waals surface area contributed by atoms with Crippen LogP contribution in [0.5, 0.6) is 0 Å². The Kier molecular flexibility index (Phi) is 4.19. The number of nitrogens with zero attached hydrogens (tertiary/aromatic N) is 1. The van der Waals surface area contributed by atoms with Crippen molar-refractivity contribution in [3.8, 4) is 0 Å². The lowest BCUT2D eigenvalue weighted by Gasteiger charge is -2.00. The third kappa shape index (κ3) is 3.22. The molecule has 1 aromatic carbocycles. The second-order valence-electron chi connectivity index (χ2n) is 3.39. The summed E-state index contributed by atoms with van der Waals surface area (Å²) in [6, 6.07) is 7.97. The standard InChI is InChI=1S/C12H11IN2O3/c1-2-17-11(16)10-7-18-12(15-10)14-9-5-3-8(13)4-6-9/h3-7H,2H2,1H3,(H,14,15). The number of hydrogen-bond acceptors (Lipinski definition) is 5. The molecule has 1 heterocycles. The van der Waals surface area contributed by atoms with Crippen molar-refractivity contribution in [1.82, 2.24) is 4.98 Å². The Labute approximate surface area is 118 Å². The van der Waals surface area contributed by atoms with Crippen molar-refractivity contribution in [1.29, 1.82) is 0 Å². The third-order valence-electron chi connectivity index (χ3n) is 2.08. The van der Waals surface area contributed by atoms with Gasteiger partial charge in [-0.1, -0.05) is 0 Å². The first-order valence-corrected chi connectivity index (χ1v) is 6.42. The molecule has 2 aromatic rings. The monoisotopic (exact) mass is 358 g/mol. The highest BCUT2D eigenvalue weighted by Gasteiger charge is 2.12. The number of carbonyl (C=O) groups is 1. The van der Waals surface area contributed by atoms with Crippen LogP contribution in [0.3, 0.4) is 0 Å². The molecule has 0 radical (unpaired) electrons. The molecule has 0 aliphatic heterocycles. The number of aromatic nitrogens is 1. The predicted molar refractivity (Wildman–Crippen MR) is 74.9 cm³/mol. The van der Waals surface area contributed by atoms with Crippen LogP contribution in [0.2, 0.25) is 0 Å². The first-order chi connectivity index (χ1) is 8.69. The van der Waals surface area contributed by atoms with Gasteiger partial charge >= 0.3 is 5.97 Å². The molecule has 5 nitrogen and oxygen atoms in total. The Morgan fingerprint density at radius 1 is 1.44 bits per heavy atom. The minimum atomic E-state index is -0.489. The summed E-state index contributed by atoms with van der Waals surface area (Å²) in [5.74, 6) is -0.489. The highest BCUT2D eigenvalue weighted by molar-refractivity contribution is 14.1. The first-order valence-electron chi connectivity index (χ1n) is 5.34. The van der Waals surface area contributed by atoms with Crippen LogP contribution in [0, 0.1) is 3.57 Å². The summed E-state index contributed by atoms with van der Waals surface area (Å²) < 4.78 is 11.1. The van der Waals surface area contributed by atoms with Gasteiger partial charge in [-0.05, 0) is 53.8 Å². The van der Waals surface area contributed by atoms with E-state index in [4.69, 9.17) is 9.15 Å². The molecule has 18 heavy (non-hydrogen) atoms. The van der Waals surface area contributed by atoms with Crippen molar-refractivity contribution in [3.63, 3.8) is 0 Å². The average Bonchev–Trinajstić information content (AvgIpc) is 2.81. The summed E-state index contributed by atoms with van der Waals surface area (Å²) in [7, 11) is 0. The van der Waals surface area contributed by atoms with Crippen molar-refractivity contribution < 1.29 is 13.9 Å². The molecule has 1 N–H and O–H groups in total. The zero-order chi connectivity index (χ0) is 13.0. The van der Waals surface area contributed by atoms with Gasteiger partial charge in [-0.15, -0.1) is 0 Å². The Bertz CT molecular complexity index is 537. The topological polar surface area (TPSA) is 64.4 Å². The van der Waals surface area contributed by atoms with Crippen LogP contribution in [-0.4, -0.2) is 17.6 Å². The lowest BCUT2D eigenvalue weighted by molar-refractivity contribution is 0.0519. The number of hydrogen-bond donors (Lipinski definition) is 1. The number of oxazole rings is 1. The summed E-state index contributed by atoms with van der Waals surface area (Å²) >= 11 is 2.22. The van der Waals surface area contributed by atoms with Crippen molar-refractivity contribution in [2.24, 2.45) is 0 Å². The number of halogens is 1. The molecule has 94 valence electrons. The van der Waals surface area contributed by atoms with E-state index in [1.165, 1.54) is 6.26 Å². The predicted octanol–water partition coefficient (Wildman–Crippen LogP) is 3.20. The number of rotatable bonds is 4. The molecule has 0 spiro atoms. The summed E-state index contributed by atoms with van der Waals surface area (Å²) in [5, 5.41) is 2.96. The normalized spacial score (nSPS) is 10.1. The molecule has 0 unspecified atom stereocenters. The Morgan fingerprint density at radius 3 is 2.83 bits per heavy atom. The number of anilines is 2. The third-order valence-corrected chi connectivity index (χ3v) is 2.80. The highest BCUT2D eigenvalue weighted by atomic mass is 127. The van der Waals surface area contributed by atoms with Crippen molar-refractivity contribution in [2.45, 2.75) is 6.92 Å². The second kappa shape index (κ2) is 5.85. The molecule has 0 aliphatic carbocycles. The highest BCUT2D eigenvalue weighted by Crippen LogP contribution is 2.17. The molecule has 2 rings (SSSR count). The fourth-order valence-corrected chi connectivity index (χ4v) is 1.65. The number of nitrogens with one attached hydrogen (secondary N) is 1. The zero-order valence-corrected chi connectivity index (χ0v) is 11.8. The maximum Gasteiger partial charge on any atom is 0.360 e. The Morgan fingerprint density at radius 2 is 2.17 bits per heavy atom. The maximum atomic E-state index is 11.4. The molecule has 0 fully saturated rings. The van der Waals surface area contributed by atoms with Gasteiger partial charge in [-0.2, -0.15) is 4.98 Å². The number of carbonyl (C=O) groups excluding carboxylic acids is 1. The number of benzene rings is 1. The average molecular weight is 358 g/mol. The molecule has 0 atom stereocenters. The summed E-state index contributed by atoms with van der Waals surface area (Å²) in [6.45, 7) is 2.05. The molecule has 1 aromatic heterocycles. The van der Waals surface area contributed by atoms with Crippen LogP contribution in [0.15, 0.2) is 34.9 Å². The van der Waals surface area contributed by atoms with Gasteiger partial charge in [0.2, 0.25) is 0 Å². The SMILES string of the molecule is CCOC(=O)c1coc(Nc2ccc(I)cc2)n1. The Balaban J connectivity index is 2.06. The minimum absolute atomic E-state index is 0.157. The lowest BCUT2D eigenvalue weighted by Crippen LogP contribution is -2.04. The van der Waals surface area contributed by atoms with Crippen LogP contribution in [0.4, 0.5) is 11.7 Å². The maximum absolute atomic E-state index is 11.4. The second-order valence-corrected chi connectivity index (χ2v) is 4.64. The van der Waals surface area contributed by atoms with Gasteiger partial charge in [0.05, 0.1) is 6.61 Å². The lowest BCUT2D eigenvalue weighted by atomic mass is 10.3. The van der Waals surface area contributed by atoms with E-state index in [1.807, 2.05) is 24.3 Å². The molecule has 0 amide bonds. The largest absolute Gasteiger partial charge is 0.461 e. The quantitative estimate of drug-likeness (QED) is 0.672. The van der Waals surface area contributed by atoms with Gasteiger partial charge in [0.15, 0.2) is 5.69 Å². The molecule has 0 aliphatic rings. The fourth-order valence-electron chi connectivity index (χ4n) is 1.29. The van der Waals surface area contributed by atoms with Crippen LogP contribution in [0.25, 0.3) is 0 Å². The van der Waals surface area contributed by atoms with Crippen LogP contribution >= 0.6 is 22.6 Å². The van der Waals surface area contributed by atoms with E-state index in [0.717, 1.165) is 9.26 Å². The van der Waals surface area contributed by atoms with Gasteiger partial charge < -0.3 is 14.5 Å². The fraction of sp³-hybridized carbons (Fsp3) is 0.167. The van der Waals surface area contributed by atoms with E-state index in [0.29, 0.717) is 6.61 Å². The van der Waals surface area contributed by atoms with Crippen molar-refractivity contribution >= 4 is 40.3 Å². The molecular weight excluding hydrogens is 347 g/mol. The molecule has 0 saturated carbocycles. The first kappa shape index (κ1) is 12.9. The van der Waals surface area contributed by atoms with E-state index in [1.54, 1.807) is 6.92 Å². The molecule has 0 bridgehead atoms. The Hall–Kier alpha value is -1.57. The molecular formula is C12H11IN2O3. The zero-order valence-electron chi connectivity index (χ0n) is 9.64. The number of ether oxygens (including phenoxy) is 1.